The Kier molecular flexibility index (Phi) is 18.0. The predicted molar refractivity (Wildman–Crippen MR) is 154 cm³/mol. The van der Waals surface area contributed by atoms with Crippen molar-refractivity contribution >= 4 is 81.9 Å². The van der Waals surface area contributed by atoms with Gasteiger partial charge < -0.3 is 39.8 Å². The Morgan fingerprint density at radius 2 is 1.40 bits per heavy atom. The molecule has 2 atom stereocenters. The summed E-state index contributed by atoms with van der Waals surface area (Å²) in [6.45, 7) is 2.59. The van der Waals surface area contributed by atoms with Crippen molar-refractivity contribution in [2.75, 3.05) is 26.3 Å². The van der Waals surface area contributed by atoms with Crippen molar-refractivity contribution in [3.63, 3.8) is 0 Å². The van der Waals surface area contributed by atoms with Crippen LogP contribution in [0.15, 0.2) is 60.7 Å². The number of rotatable bonds is 9. The van der Waals surface area contributed by atoms with Crippen molar-refractivity contribution in [3.8, 4) is 0 Å². The monoisotopic (exact) mass is 682 g/mol. The van der Waals surface area contributed by atoms with E-state index in [1.54, 1.807) is 0 Å². The molecule has 3 rings (SSSR count). The average Bonchev–Trinajstić information content (AvgIpc) is 3.28. The van der Waals surface area contributed by atoms with Crippen LogP contribution >= 0.6 is 69.6 Å². The maximum Gasteiger partial charge on any atom is 0.515 e. The smallest absolute Gasteiger partial charge is 0.442 e. The zero-order valence-corrected chi connectivity index (χ0v) is 25.4. The molecule has 10 nitrogen and oxygen atoms in total. The predicted octanol–water partition coefficient (Wildman–Crippen LogP) is 5.63. The van der Waals surface area contributed by atoms with E-state index in [4.69, 9.17) is 94.7 Å². The van der Waals surface area contributed by atoms with Crippen LogP contribution in [0.1, 0.15) is 11.1 Å². The number of hydrogen-bond donors (Lipinski definition) is 3. The summed E-state index contributed by atoms with van der Waals surface area (Å²) in [6, 6.07) is 19.7. The summed E-state index contributed by atoms with van der Waals surface area (Å²) in [5, 5.41) is 11.7. The van der Waals surface area contributed by atoms with Gasteiger partial charge in [0.25, 0.3) is 0 Å². The van der Waals surface area contributed by atoms with Crippen LogP contribution in [-0.4, -0.2) is 63.8 Å². The number of alkyl carbamates (subject to hydrolysis) is 1. The maximum atomic E-state index is 10.7. The third-order valence-corrected chi connectivity index (χ3v) is 4.72. The quantitative estimate of drug-likeness (QED) is 0.227. The molecule has 0 spiro atoms. The van der Waals surface area contributed by atoms with Crippen molar-refractivity contribution in [1.82, 2.24) is 5.32 Å². The molecule has 16 heteroatoms. The van der Waals surface area contributed by atoms with E-state index in [0.29, 0.717) is 33.0 Å². The third kappa shape index (κ3) is 20.4. The fraction of sp³-hybridized carbons (Fsp3) is 0.417. The molecule has 224 valence electrons. The van der Waals surface area contributed by atoms with E-state index < -0.39 is 20.2 Å². The molecule has 40 heavy (non-hydrogen) atoms. The van der Waals surface area contributed by atoms with Gasteiger partial charge in [-0.25, -0.2) is 9.59 Å². The van der Waals surface area contributed by atoms with Gasteiger partial charge in [-0.1, -0.05) is 60.7 Å². The standard InChI is InChI=1S/C11H13NO3.C10H15NO2.C3Cl6O3/c13-11-12-6-10(15-11)8-14-7-9-4-2-1-3-5-9;11-6-10(12)8-13-7-9-4-2-1-3-5-9;4-2(5,6)11-1(10)12-3(7,8)9/h1-5,10H,6-8H2,(H,12,13);1-5,10,12H,6-8,11H2;. The molecule has 1 fully saturated rings. The largest absolute Gasteiger partial charge is 0.515 e. The van der Waals surface area contributed by atoms with E-state index in [1.807, 2.05) is 60.7 Å². The molecule has 0 saturated carbocycles. The number of nitrogens with one attached hydrogen (secondary N) is 1. The first-order chi connectivity index (χ1) is 18.8. The highest BCUT2D eigenvalue weighted by molar-refractivity contribution is 6.67. The molecule has 1 aliphatic heterocycles. The highest BCUT2D eigenvalue weighted by Gasteiger charge is 2.32. The number of amides is 1. The summed E-state index contributed by atoms with van der Waals surface area (Å²) in [5.74, 6) is 0. The summed E-state index contributed by atoms with van der Waals surface area (Å²) in [7, 11) is 0. The van der Waals surface area contributed by atoms with Gasteiger partial charge in [0.05, 0.1) is 39.1 Å². The lowest BCUT2D eigenvalue weighted by Gasteiger charge is -2.15. The average molecular weight is 685 g/mol. The van der Waals surface area contributed by atoms with Crippen LogP contribution < -0.4 is 11.1 Å². The topological polar surface area (TPSA) is 139 Å². The second kappa shape index (κ2) is 19.6. The third-order valence-electron chi connectivity index (χ3n) is 4.26. The van der Waals surface area contributed by atoms with E-state index >= 15 is 0 Å². The molecule has 1 saturated heterocycles. The lowest BCUT2D eigenvalue weighted by molar-refractivity contribution is 0.0329. The van der Waals surface area contributed by atoms with E-state index in [0.717, 1.165) is 11.1 Å². The van der Waals surface area contributed by atoms with E-state index in [-0.39, 0.29) is 18.7 Å². The number of halogens is 6. The van der Waals surface area contributed by atoms with Gasteiger partial charge in [-0.2, -0.15) is 0 Å². The zero-order chi connectivity index (χ0) is 30.0. The van der Waals surface area contributed by atoms with Gasteiger partial charge in [-0.15, -0.1) is 0 Å². The molecule has 1 heterocycles. The molecule has 0 radical (unpaired) electrons. The number of alkyl halides is 6. The number of hydrogen-bond acceptors (Lipinski definition) is 9. The normalized spacial score (nSPS) is 15.3. The Labute approximate surface area is 261 Å². The molecule has 1 aliphatic rings. The van der Waals surface area contributed by atoms with Crippen LogP contribution in [0.2, 0.25) is 0 Å². The number of nitrogens with two attached hydrogens (primary N) is 1. The van der Waals surface area contributed by atoms with Crippen LogP contribution in [0.3, 0.4) is 0 Å². The van der Waals surface area contributed by atoms with Crippen LogP contribution in [0, 0.1) is 0 Å². The van der Waals surface area contributed by atoms with Gasteiger partial charge in [0.1, 0.15) is 6.10 Å². The first kappa shape index (κ1) is 36.6. The number of benzene rings is 2. The van der Waals surface area contributed by atoms with E-state index in [1.165, 1.54) is 0 Å². The fourth-order valence-corrected chi connectivity index (χ4v) is 2.95. The Bertz CT molecular complexity index is 963. The van der Waals surface area contributed by atoms with Gasteiger partial charge in [-0.05, 0) is 80.7 Å². The number of carbonyl (C=O) groups excluding carboxylic acids is 2. The maximum absolute atomic E-state index is 10.7. The Morgan fingerprint density at radius 1 is 0.925 bits per heavy atom. The number of aliphatic hydroxyl groups excluding tert-OH is 1. The van der Waals surface area contributed by atoms with Crippen LogP contribution in [0.4, 0.5) is 9.59 Å². The summed E-state index contributed by atoms with van der Waals surface area (Å²) in [4.78, 5) is 21.2. The van der Waals surface area contributed by atoms with Gasteiger partial charge in [0, 0.05) is 6.54 Å². The lowest BCUT2D eigenvalue weighted by Crippen LogP contribution is -2.24. The Morgan fingerprint density at radius 3 is 1.80 bits per heavy atom. The number of cyclic esters (lactones) is 1. The number of aliphatic hydroxyl groups is 1. The second-order valence-electron chi connectivity index (χ2n) is 7.64. The fourth-order valence-electron chi connectivity index (χ4n) is 2.57. The Hall–Kier alpha value is -1.44. The minimum Gasteiger partial charge on any atom is -0.442 e. The molecule has 2 unspecified atom stereocenters. The van der Waals surface area contributed by atoms with Crippen LogP contribution in [0.25, 0.3) is 0 Å². The second-order valence-corrected chi connectivity index (χ2v) is 12.0. The Balaban J connectivity index is 0.000000303. The first-order valence-corrected chi connectivity index (χ1v) is 13.7. The number of ether oxygens (including phenoxy) is 5. The van der Waals surface area contributed by atoms with Gasteiger partial charge in [-0.3, -0.25) is 0 Å². The SMILES string of the molecule is NCC(O)COCc1ccccc1.O=C(OC(Cl)(Cl)Cl)OC(Cl)(Cl)Cl.O=C1NCC(COCc2ccccc2)O1. The minimum atomic E-state index is -2.24. The van der Waals surface area contributed by atoms with Crippen molar-refractivity contribution in [3.05, 3.63) is 71.8 Å². The van der Waals surface area contributed by atoms with Crippen molar-refractivity contribution < 1.29 is 38.4 Å². The molecule has 2 aromatic rings. The highest BCUT2D eigenvalue weighted by atomic mass is 35.6. The van der Waals surface area contributed by atoms with Crippen molar-refractivity contribution in [1.29, 1.82) is 0 Å². The molecular weight excluding hydrogens is 657 g/mol. The molecule has 0 aliphatic carbocycles. The first-order valence-electron chi connectivity index (χ1n) is 11.4. The summed E-state index contributed by atoms with van der Waals surface area (Å²) >= 11 is 30.2. The van der Waals surface area contributed by atoms with Crippen molar-refractivity contribution in [2.45, 2.75) is 33.4 Å². The minimum absolute atomic E-state index is 0.152. The van der Waals surface area contributed by atoms with Crippen LogP contribution in [0.5, 0.6) is 0 Å². The van der Waals surface area contributed by atoms with E-state index in [2.05, 4.69) is 14.8 Å². The molecular formula is C24H28Cl6N2O8. The molecule has 1 amide bonds. The summed E-state index contributed by atoms with van der Waals surface area (Å²) < 4.78 is 19.1. The number of carbonyl (C=O) groups is 2. The lowest BCUT2D eigenvalue weighted by atomic mass is 10.2. The van der Waals surface area contributed by atoms with E-state index in [9.17, 15) is 9.59 Å². The summed E-state index contributed by atoms with van der Waals surface area (Å²) in [6.07, 6.45) is -2.47. The molecule has 2 aromatic carbocycles. The summed E-state index contributed by atoms with van der Waals surface area (Å²) in [5.41, 5.74) is 7.45. The van der Waals surface area contributed by atoms with Crippen molar-refractivity contribution in [2.24, 2.45) is 5.73 Å². The molecule has 0 bridgehead atoms. The van der Waals surface area contributed by atoms with Gasteiger partial charge in [0.15, 0.2) is 0 Å². The van der Waals surface area contributed by atoms with Gasteiger partial charge >= 0.3 is 20.2 Å². The molecule has 0 aromatic heterocycles. The van der Waals surface area contributed by atoms with Gasteiger partial charge in [0.2, 0.25) is 0 Å². The highest BCUT2D eigenvalue weighted by Crippen LogP contribution is 2.32. The molecule has 4 N–H and O–H groups in total. The van der Waals surface area contributed by atoms with Crippen LogP contribution in [-0.2, 0) is 36.9 Å². The zero-order valence-electron chi connectivity index (χ0n) is 20.8.